The van der Waals surface area contributed by atoms with Crippen molar-refractivity contribution in [2.24, 2.45) is 11.0 Å². The molecular weight excluding hydrogens is 386 g/mol. The van der Waals surface area contributed by atoms with E-state index in [0.717, 1.165) is 35.1 Å². The van der Waals surface area contributed by atoms with Crippen molar-refractivity contribution in [3.8, 4) is 11.3 Å². The van der Waals surface area contributed by atoms with Gasteiger partial charge in [-0.3, -0.25) is 10.2 Å². The van der Waals surface area contributed by atoms with E-state index in [1.165, 1.54) is 24.2 Å². The Kier molecular flexibility index (Phi) is 8.19. The predicted octanol–water partition coefficient (Wildman–Crippen LogP) is 5.13. The van der Waals surface area contributed by atoms with E-state index in [-0.39, 0.29) is 18.0 Å². The van der Waals surface area contributed by atoms with Gasteiger partial charge in [0.25, 0.3) is 0 Å². The predicted molar refractivity (Wildman–Crippen MR) is 117 cm³/mol. The second-order valence-electron chi connectivity index (χ2n) is 7.34. The van der Waals surface area contributed by atoms with Crippen LogP contribution in [0.25, 0.3) is 11.3 Å². The summed E-state index contributed by atoms with van der Waals surface area (Å²) in [6.07, 6.45) is 4.53. The Morgan fingerprint density at radius 1 is 1.34 bits per heavy atom. The number of unbranched alkanes of at least 4 members (excludes halogenated alkanes) is 2. The third-order valence-corrected chi connectivity index (χ3v) is 5.56. The fourth-order valence-electron chi connectivity index (χ4n) is 3.27. The van der Waals surface area contributed by atoms with Gasteiger partial charge in [0, 0.05) is 36.1 Å². The molecule has 29 heavy (non-hydrogen) atoms. The highest BCUT2D eigenvalue weighted by molar-refractivity contribution is 7.14. The van der Waals surface area contributed by atoms with Crippen LogP contribution < -0.4 is 5.43 Å². The van der Waals surface area contributed by atoms with Crippen LogP contribution in [0.3, 0.4) is 0 Å². The van der Waals surface area contributed by atoms with Gasteiger partial charge >= 0.3 is 5.97 Å². The molecule has 7 heteroatoms. The van der Waals surface area contributed by atoms with Crippen molar-refractivity contribution >= 4 is 28.1 Å². The van der Waals surface area contributed by atoms with Crippen molar-refractivity contribution in [3.63, 3.8) is 0 Å². The fourth-order valence-corrected chi connectivity index (χ4v) is 3.93. The first-order valence-electron chi connectivity index (χ1n) is 10.2. The second-order valence-corrected chi connectivity index (χ2v) is 8.20. The molecule has 1 aromatic carbocycles. The van der Waals surface area contributed by atoms with Gasteiger partial charge in [-0.05, 0) is 13.3 Å². The first kappa shape index (κ1) is 21.5. The van der Waals surface area contributed by atoms with Crippen LogP contribution in [0.5, 0.6) is 0 Å². The molecule has 0 bridgehead atoms. The van der Waals surface area contributed by atoms with E-state index in [0.29, 0.717) is 19.4 Å². The molecule has 1 aromatic heterocycles. The molecule has 3 rings (SSSR count). The fraction of sp³-hybridized carbons (Fsp3) is 0.500. The van der Waals surface area contributed by atoms with Gasteiger partial charge in [-0.15, -0.1) is 11.3 Å². The van der Waals surface area contributed by atoms with Crippen LogP contribution in [0.1, 0.15) is 46.0 Å². The van der Waals surface area contributed by atoms with Crippen molar-refractivity contribution in [1.29, 1.82) is 0 Å². The average Bonchev–Trinajstić information content (AvgIpc) is 3.34. The van der Waals surface area contributed by atoms with E-state index < -0.39 is 0 Å². The Morgan fingerprint density at radius 2 is 2.17 bits per heavy atom. The summed E-state index contributed by atoms with van der Waals surface area (Å²) in [6.45, 7) is 5.30. The SMILES string of the molecule is CCCCCOC[C@H]1C[C@H](C/C(C)=N\Nc2nc(-c3ccccc3)cs2)C(=O)O1. The molecule has 1 fully saturated rings. The lowest BCUT2D eigenvalue weighted by Gasteiger charge is -2.09. The maximum absolute atomic E-state index is 12.1. The molecule has 0 saturated carbocycles. The van der Waals surface area contributed by atoms with Crippen LogP contribution in [0.4, 0.5) is 5.13 Å². The highest BCUT2D eigenvalue weighted by Crippen LogP contribution is 2.26. The highest BCUT2D eigenvalue weighted by Gasteiger charge is 2.34. The summed E-state index contributed by atoms with van der Waals surface area (Å²) in [7, 11) is 0. The van der Waals surface area contributed by atoms with Crippen LogP contribution in [0.2, 0.25) is 0 Å². The number of cyclic esters (lactones) is 1. The molecule has 0 aliphatic carbocycles. The second kappa shape index (κ2) is 11.1. The molecule has 0 spiro atoms. The van der Waals surface area contributed by atoms with E-state index in [9.17, 15) is 4.79 Å². The van der Waals surface area contributed by atoms with Crippen LogP contribution in [0, 0.1) is 5.92 Å². The van der Waals surface area contributed by atoms with Crippen molar-refractivity contribution < 1.29 is 14.3 Å². The molecular formula is C22H29N3O3S. The largest absolute Gasteiger partial charge is 0.460 e. The minimum absolute atomic E-state index is 0.137. The third-order valence-electron chi connectivity index (χ3n) is 4.82. The number of aromatic nitrogens is 1. The van der Waals surface area contributed by atoms with Crippen LogP contribution in [0.15, 0.2) is 40.8 Å². The Morgan fingerprint density at radius 3 is 2.97 bits per heavy atom. The molecule has 1 N–H and O–H groups in total. The van der Waals surface area contributed by atoms with Crippen molar-refractivity contribution in [1.82, 2.24) is 4.98 Å². The molecule has 2 atom stereocenters. The summed E-state index contributed by atoms with van der Waals surface area (Å²) in [5.41, 5.74) is 5.86. The van der Waals surface area contributed by atoms with Gasteiger partial charge in [0.05, 0.1) is 18.2 Å². The molecule has 0 unspecified atom stereocenters. The third kappa shape index (κ3) is 6.65. The standard InChI is InChI=1S/C22H29N3O3S/c1-3-4-8-11-27-14-19-13-18(21(26)28-19)12-16(2)24-25-22-23-20(15-29-22)17-9-6-5-7-10-17/h5-7,9-10,15,18-19H,3-4,8,11-14H2,1-2H3,(H,23,25)/b24-16-/t18-,19+/m0/s1. The smallest absolute Gasteiger partial charge is 0.309 e. The molecule has 0 radical (unpaired) electrons. The Bertz CT molecular complexity index is 807. The number of carbonyl (C=O) groups is 1. The molecule has 2 aromatic rings. The van der Waals surface area contributed by atoms with Crippen molar-refractivity contribution in [2.45, 2.75) is 52.1 Å². The Hall–Kier alpha value is -2.25. The lowest BCUT2D eigenvalue weighted by atomic mass is 9.99. The van der Waals surface area contributed by atoms with E-state index in [1.54, 1.807) is 0 Å². The number of esters is 1. The molecule has 156 valence electrons. The lowest BCUT2D eigenvalue weighted by molar-refractivity contribution is -0.146. The summed E-state index contributed by atoms with van der Waals surface area (Å²) in [4.78, 5) is 16.7. The van der Waals surface area contributed by atoms with Crippen LogP contribution >= 0.6 is 11.3 Å². The molecule has 0 amide bonds. The maximum Gasteiger partial charge on any atom is 0.309 e. The van der Waals surface area contributed by atoms with Gasteiger partial charge < -0.3 is 9.47 Å². The number of hydrogen-bond acceptors (Lipinski definition) is 7. The van der Waals surface area contributed by atoms with Gasteiger partial charge in [-0.2, -0.15) is 5.10 Å². The number of anilines is 1. The van der Waals surface area contributed by atoms with E-state index in [1.807, 2.05) is 42.6 Å². The van der Waals surface area contributed by atoms with E-state index in [4.69, 9.17) is 9.47 Å². The monoisotopic (exact) mass is 415 g/mol. The van der Waals surface area contributed by atoms with Crippen molar-refractivity contribution in [3.05, 3.63) is 35.7 Å². The summed E-state index contributed by atoms with van der Waals surface area (Å²) in [5.74, 6) is -0.303. The minimum atomic E-state index is -0.152. The first-order valence-corrected chi connectivity index (χ1v) is 11.1. The average molecular weight is 416 g/mol. The van der Waals surface area contributed by atoms with Crippen LogP contribution in [-0.2, 0) is 14.3 Å². The summed E-state index contributed by atoms with van der Waals surface area (Å²) in [5, 5.41) is 7.13. The van der Waals surface area contributed by atoms with Gasteiger partial charge in [-0.1, -0.05) is 50.1 Å². The normalized spacial score (nSPS) is 19.4. The van der Waals surface area contributed by atoms with Gasteiger partial charge in [-0.25, -0.2) is 4.98 Å². The Labute approximate surface area is 176 Å². The minimum Gasteiger partial charge on any atom is -0.460 e. The number of hydrogen-bond donors (Lipinski definition) is 1. The highest BCUT2D eigenvalue weighted by atomic mass is 32.1. The van der Waals surface area contributed by atoms with Gasteiger partial charge in [0.1, 0.15) is 6.10 Å². The number of carbonyl (C=O) groups excluding carboxylic acids is 1. The lowest BCUT2D eigenvalue weighted by Crippen LogP contribution is -2.15. The van der Waals surface area contributed by atoms with Crippen LogP contribution in [-0.4, -0.2) is 36.0 Å². The van der Waals surface area contributed by atoms with Gasteiger partial charge in [0.15, 0.2) is 0 Å². The first-order chi connectivity index (χ1) is 14.2. The number of rotatable bonds is 11. The summed E-state index contributed by atoms with van der Waals surface area (Å²) < 4.78 is 11.1. The molecule has 1 saturated heterocycles. The number of thiazole rings is 1. The van der Waals surface area contributed by atoms with E-state index >= 15 is 0 Å². The Balaban J connectivity index is 1.44. The van der Waals surface area contributed by atoms with E-state index in [2.05, 4.69) is 22.4 Å². The number of nitrogens with zero attached hydrogens (tertiary/aromatic N) is 2. The summed E-state index contributed by atoms with van der Waals surface area (Å²) in [6, 6.07) is 10.0. The number of hydrazone groups is 1. The number of benzene rings is 1. The number of ether oxygens (including phenoxy) is 2. The zero-order valence-electron chi connectivity index (χ0n) is 17.1. The number of nitrogens with one attached hydrogen (secondary N) is 1. The molecule has 6 nitrogen and oxygen atoms in total. The van der Waals surface area contributed by atoms with Gasteiger partial charge in [0.2, 0.25) is 5.13 Å². The van der Waals surface area contributed by atoms with Crippen molar-refractivity contribution in [2.75, 3.05) is 18.6 Å². The molecule has 1 aliphatic heterocycles. The summed E-state index contributed by atoms with van der Waals surface area (Å²) >= 11 is 1.51. The molecule has 1 aliphatic rings. The topological polar surface area (TPSA) is 72.8 Å². The molecule has 2 heterocycles. The zero-order chi connectivity index (χ0) is 20.5. The maximum atomic E-state index is 12.1. The zero-order valence-corrected chi connectivity index (χ0v) is 17.9. The quantitative estimate of drug-likeness (QED) is 0.238.